The van der Waals surface area contributed by atoms with Crippen LogP contribution in [0.3, 0.4) is 0 Å². The topological polar surface area (TPSA) is 81.2 Å². The highest BCUT2D eigenvalue weighted by Gasteiger charge is 2.06. The molecule has 0 saturated heterocycles. The predicted molar refractivity (Wildman–Crippen MR) is 110 cm³/mol. The number of nitrogens with one attached hydrogen (secondary N) is 2. The fraction of sp³-hybridized carbons (Fsp3) is 0.286. The maximum Gasteiger partial charge on any atom is 0.224 e. The number of hydrogen-bond donors (Lipinski definition) is 2. The minimum atomic E-state index is 0.601. The third kappa shape index (κ3) is 5.33. The Morgan fingerprint density at radius 1 is 0.929 bits per heavy atom. The Bertz CT molecular complexity index is 903. The van der Waals surface area contributed by atoms with E-state index in [4.69, 9.17) is 9.47 Å². The van der Waals surface area contributed by atoms with E-state index in [1.165, 1.54) is 0 Å². The lowest BCUT2D eigenvalue weighted by atomic mass is 10.1. The van der Waals surface area contributed by atoms with Gasteiger partial charge in [0.25, 0.3) is 0 Å². The van der Waals surface area contributed by atoms with Crippen LogP contribution in [0.1, 0.15) is 17.0 Å². The second kappa shape index (κ2) is 9.55. The zero-order valence-electron chi connectivity index (χ0n) is 16.4. The van der Waals surface area contributed by atoms with Gasteiger partial charge in [0.1, 0.15) is 5.82 Å². The Labute approximate surface area is 165 Å². The van der Waals surface area contributed by atoms with Crippen LogP contribution in [-0.4, -0.2) is 35.7 Å². The quantitative estimate of drug-likeness (QED) is 0.589. The number of hydrogen-bond acceptors (Lipinski definition) is 7. The molecule has 0 amide bonds. The first-order valence-electron chi connectivity index (χ1n) is 9.12. The van der Waals surface area contributed by atoms with E-state index in [1.807, 2.05) is 49.4 Å². The number of ether oxygens (including phenoxy) is 2. The molecule has 0 atom stereocenters. The van der Waals surface area contributed by atoms with Crippen molar-refractivity contribution in [3.8, 4) is 11.5 Å². The average Bonchev–Trinajstić information content (AvgIpc) is 2.72. The van der Waals surface area contributed by atoms with Crippen LogP contribution in [-0.2, 0) is 13.0 Å². The molecular weight excluding hydrogens is 354 g/mol. The molecule has 2 heterocycles. The Hall–Kier alpha value is -3.35. The molecule has 3 aromatic rings. The van der Waals surface area contributed by atoms with Crippen molar-refractivity contribution in [2.24, 2.45) is 0 Å². The number of anilines is 2. The number of rotatable bonds is 9. The first kappa shape index (κ1) is 19.4. The van der Waals surface area contributed by atoms with Crippen LogP contribution in [0.2, 0.25) is 0 Å². The molecule has 0 fully saturated rings. The number of pyridine rings is 1. The SMILES string of the molecule is COc1ccc(CCNc2nc(C)cc(NCc3ccccn3)n2)cc1OC. The van der Waals surface area contributed by atoms with E-state index in [2.05, 4.69) is 25.6 Å². The van der Waals surface area contributed by atoms with E-state index in [9.17, 15) is 0 Å². The van der Waals surface area contributed by atoms with Gasteiger partial charge >= 0.3 is 0 Å². The van der Waals surface area contributed by atoms with E-state index in [0.29, 0.717) is 19.0 Å². The smallest absolute Gasteiger partial charge is 0.224 e. The van der Waals surface area contributed by atoms with Crippen LogP contribution in [0, 0.1) is 6.92 Å². The van der Waals surface area contributed by atoms with E-state index in [0.717, 1.165) is 40.7 Å². The second-order valence-electron chi connectivity index (χ2n) is 6.26. The standard InChI is InChI=1S/C21H25N5O2/c1-15-12-20(24-14-17-6-4-5-10-22-17)26-21(25-15)23-11-9-16-7-8-18(27-2)19(13-16)28-3/h4-8,10,12-13H,9,11,14H2,1-3H3,(H2,23,24,25,26). The van der Waals surface area contributed by atoms with Crippen molar-refractivity contribution in [3.05, 3.63) is 65.6 Å². The number of methoxy groups -OCH3 is 2. The van der Waals surface area contributed by atoms with Gasteiger partial charge in [0.15, 0.2) is 11.5 Å². The molecule has 28 heavy (non-hydrogen) atoms. The summed E-state index contributed by atoms with van der Waals surface area (Å²) in [6.07, 6.45) is 2.59. The maximum atomic E-state index is 5.35. The molecule has 0 aliphatic rings. The largest absolute Gasteiger partial charge is 0.493 e. The number of benzene rings is 1. The van der Waals surface area contributed by atoms with Crippen LogP contribution < -0.4 is 20.1 Å². The van der Waals surface area contributed by atoms with E-state index in [1.54, 1.807) is 20.4 Å². The van der Waals surface area contributed by atoms with Crippen molar-refractivity contribution in [1.82, 2.24) is 15.0 Å². The molecule has 0 unspecified atom stereocenters. The van der Waals surface area contributed by atoms with Crippen LogP contribution in [0.25, 0.3) is 0 Å². The summed E-state index contributed by atoms with van der Waals surface area (Å²) >= 11 is 0. The summed E-state index contributed by atoms with van der Waals surface area (Å²) in [4.78, 5) is 13.3. The number of nitrogens with zero attached hydrogens (tertiary/aromatic N) is 3. The summed E-state index contributed by atoms with van der Waals surface area (Å²) in [6, 6.07) is 13.7. The predicted octanol–water partition coefficient (Wildman–Crippen LogP) is 3.46. The fourth-order valence-corrected chi connectivity index (χ4v) is 2.78. The monoisotopic (exact) mass is 379 g/mol. The first-order chi connectivity index (χ1) is 13.7. The van der Waals surface area contributed by atoms with Gasteiger partial charge in [-0.15, -0.1) is 0 Å². The molecule has 1 aromatic carbocycles. The molecule has 0 aliphatic heterocycles. The summed E-state index contributed by atoms with van der Waals surface area (Å²) in [5.41, 5.74) is 3.00. The summed E-state index contributed by atoms with van der Waals surface area (Å²) in [5.74, 6) is 2.83. The highest BCUT2D eigenvalue weighted by Crippen LogP contribution is 2.27. The van der Waals surface area contributed by atoms with Gasteiger partial charge in [-0.2, -0.15) is 4.98 Å². The Morgan fingerprint density at radius 2 is 1.79 bits per heavy atom. The average molecular weight is 379 g/mol. The van der Waals surface area contributed by atoms with Gasteiger partial charge in [-0.05, 0) is 43.2 Å². The Kier molecular flexibility index (Phi) is 6.62. The number of aromatic nitrogens is 3. The molecule has 146 valence electrons. The van der Waals surface area contributed by atoms with E-state index in [-0.39, 0.29) is 0 Å². The molecule has 0 bridgehead atoms. The highest BCUT2D eigenvalue weighted by atomic mass is 16.5. The third-order valence-corrected chi connectivity index (χ3v) is 4.18. The zero-order chi connectivity index (χ0) is 19.8. The highest BCUT2D eigenvalue weighted by molar-refractivity contribution is 5.44. The Balaban J connectivity index is 1.58. The van der Waals surface area contributed by atoms with Gasteiger partial charge in [0.05, 0.1) is 26.5 Å². The fourth-order valence-electron chi connectivity index (χ4n) is 2.78. The third-order valence-electron chi connectivity index (χ3n) is 4.18. The van der Waals surface area contributed by atoms with Gasteiger partial charge in [0, 0.05) is 24.5 Å². The maximum absolute atomic E-state index is 5.35. The van der Waals surface area contributed by atoms with E-state index < -0.39 is 0 Å². The summed E-state index contributed by atoms with van der Waals surface area (Å²) in [5, 5.41) is 6.58. The summed E-state index contributed by atoms with van der Waals surface area (Å²) < 4.78 is 10.6. The minimum absolute atomic E-state index is 0.601. The van der Waals surface area contributed by atoms with E-state index >= 15 is 0 Å². The van der Waals surface area contributed by atoms with Gasteiger partial charge in [0.2, 0.25) is 5.95 Å². The molecule has 3 rings (SSSR count). The zero-order valence-corrected chi connectivity index (χ0v) is 16.4. The number of aryl methyl sites for hydroxylation is 1. The molecule has 0 spiro atoms. The molecule has 2 N–H and O–H groups in total. The van der Waals surface area contributed by atoms with Crippen LogP contribution in [0.5, 0.6) is 11.5 Å². The lowest BCUT2D eigenvalue weighted by Crippen LogP contribution is -2.11. The van der Waals surface area contributed by atoms with Crippen molar-refractivity contribution < 1.29 is 9.47 Å². The van der Waals surface area contributed by atoms with Gasteiger partial charge in [-0.1, -0.05) is 12.1 Å². The molecule has 0 radical (unpaired) electrons. The van der Waals surface area contributed by atoms with Crippen molar-refractivity contribution in [2.75, 3.05) is 31.4 Å². The van der Waals surface area contributed by atoms with Gasteiger partial charge in [-0.3, -0.25) is 4.98 Å². The minimum Gasteiger partial charge on any atom is -0.493 e. The van der Waals surface area contributed by atoms with Crippen LogP contribution >= 0.6 is 0 Å². The molecule has 2 aromatic heterocycles. The molecule has 7 heteroatoms. The van der Waals surface area contributed by atoms with Gasteiger partial charge in [-0.25, -0.2) is 4.98 Å². The van der Waals surface area contributed by atoms with Gasteiger partial charge < -0.3 is 20.1 Å². The van der Waals surface area contributed by atoms with Crippen molar-refractivity contribution in [3.63, 3.8) is 0 Å². The molecule has 0 saturated carbocycles. The molecular formula is C21H25N5O2. The first-order valence-corrected chi connectivity index (χ1v) is 9.12. The second-order valence-corrected chi connectivity index (χ2v) is 6.26. The van der Waals surface area contributed by atoms with Crippen molar-refractivity contribution >= 4 is 11.8 Å². The molecule has 7 nitrogen and oxygen atoms in total. The Morgan fingerprint density at radius 3 is 2.54 bits per heavy atom. The normalized spacial score (nSPS) is 10.4. The van der Waals surface area contributed by atoms with Crippen LogP contribution in [0.4, 0.5) is 11.8 Å². The van der Waals surface area contributed by atoms with Crippen molar-refractivity contribution in [1.29, 1.82) is 0 Å². The molecule has 0 aliphatic carbocycles. The van der Waals surface area contributed by atoms with Crippen molar-refractivity contribution in [2.45, 2.75) is 19.9 Å². The lowest BCUT2D eigenvalue weighted by Gasteiger charge is -2.11. The summed E-state index contributed by atoms with van der Waals surface area (Å²) in [7, 11) is 3.27. The van der Waals surface area contributed by atoms with Crippen LogP contribution in [0.15, 0.2) is 48.7 Å². The lowest BCUT2D eigenvalue weighted by molar-refractivity contribution is 0.354. The summed E-state index contributed by atoms with van der Waals surface area (Å²) in [6.45, 7) is 3.27.